The number of nitrogens with two attached hydrogens (primary N) is 2. The largest absolute Gasteiger partial charge is 0.398 e. The average Bonchev–Trinajstić information content (AvgIpc) is 2.19. The van der Waals surface area contributed by atoms with Crippen LogP contribution in [0, 0.1) is 6.92 Å². The van der Waals surface area contributed by atoms with Crippen molar-refractivity contribution < 1.29 is 25.9 Å². The summed E-state index contributed by atoms with van der Waals surface area (Å²) >= 11 is 0. The van der Waals surface area contributed by atoms with Gasteiger partial charge < -0.3 is 11.5 Å². The van der Waals surface area contributed by atoms with Gasteiger partial charge in [0.25, 0.3) is 20.2 Å². The summed E-state index contributed by atoms with van der Waals surface area (Å²) in [6.07, 6.45) is 0. The molecule has 0 amide bonds. The summed E-state index contributed by atoms with van der Waals surface area (Å²) in [5.74, 6) is -0.354. The molecule has 1 aromatic carbocycles. The van der Waals surface area contributed by atoms with Crippen LogP contribution in [-0.4, -0.2) is 38.2 Å². The van der Waals surface area contributed by atoms with E-state index in [0.29, 0.717) is 0 Å². The molecule has 0 saturated carbocycles. The minimum Gasteiger partial charge on any atom is -0.398 e. The molecule has 0 bridgehead atoms. The van der Waals surface area contributed by atoms with Gasteiger partial charge in [0.15, 0.2) is 0 Å². The van der Waals surface area contributed by atoms with Gasteiger partial charge in [0.1, 0.15) is 4.90 Å². The maximum Gasteiger partial charge on any atom is 0.296 e. The van der Waals surface area contributed by atoms with Crippen LogP contribution in [-0.2, 0) is 20.2 Å². The normalized spacial score (nSPS) is 11.6. The lowest BCUT2D eigenvalue weighted by atomic mass is 10.2. The summed E-state index contributed by atoms with van der Waals surface area (Å²) in [4.78, 5) is -0.234. The zero-order chi connectivity index (χ0) is 15.3. The molecule has 0 saturated heterocycles. The number of rotatable bonds is 3. The lowest BCUT2D eigenvalue weighted by molar-refractivity contribution is 0.481. The van der Waals surface area contributed by atoms with Crippen molar-refractivity contribution in [2.75, 3.05) is 18.0 Å². The first-order chi connectivity index (χ1) is 8.47. The molecular formula is C9H16N2O6S2. The molecule has 0 fully saturated rings. The first-order valence-electron chi connectivity index (χ1n) is 4.96. The zero-order valence-electron chi connectivity index (χ0n) is 10.1. The van der Waals surface area contributed by atoms with E-state index in [1.807, 2.05) is 0 Å². The van der Waals surface area contributed by atoms with Crippen LogP contribution in [0.5, 0.6) is 0 Å². The molecule has 0 atom stereocenters. The van der Waals surface area contributed by atoms with E-state index in [9.17, 15) is 16.8 Å². The smallest absolute Gasteiger partial charge is 0.296 e. The summed E-state index contributed by atoms with van der Waals surface area (Å²) in [6, 6.07) is 4.44. The van der Waals surface area contributed by atoms with Crippen LogP contribution >= 0.6 is 0 Å². The molecular weight excluding hydrogens is 296 g/mol. The van der Waals surface area contributed by atoms with Crippen molar-refractivity contribution in [3.05, 3.63) is 23.8 Å². The quantitative estimate of drug-likeness (QED) is 0.435. The fourth-order valence-electron chi connectivity index (χ4n) is 1.01. The average molecular weight is 312 g/mol. The standard InChI is InChI=1S/C7H9NO3S.C2H7NO3S/c1-5-2-3-6(8)7(4-5)12(9,10)11;3-1-2-7(4,5)6/h2-4H,8H2,1H3,(H,9,10,11);1-3H2,(H,4,5,6). The van der Waals surface area contributed by atoms with Crippen LogP contribution < -0.4 is 11.5 Å². The maximum atomic E-state index is 10.7. The van der Waals surface area contributed by atoms with Gasteiger partial charge in [-0.05, 0) is 24.6 Å². The molecule has 1 aromatic rings. The lowest BCUT2D eigenvalue weighted by Crippen LogP contribution is -2.13. The van der Waals surface area contributed by atoms with E-state index < -0.39 is 20.2 Å². The van der Waals surface area contributed by atoms with Crippen molar-refractivity contribution in [2.24, 2.45) is 5.73 Å². The van der Waals surface area contributed by atoms with Gasteiger partial charge in [0.2, 0.25) is 0 Å². The van der Waals surface area contributed by atoms with Gasteiger partial charge >= 0.3 is 0 Å². The molecule has 0 aliphatic rings. The Morgan fingerprint density at radius 1 is 1.16 bits per heavy atom. The number of benzene rings is 1. The fourth-order valence-corrected chi connectivity index (χ4v) is 2.01. The highest BCUT2D eigenvalue weighted by Crippen LogP contribution is 2.18. The maximum absolute atomic E-state index is 10.7. The second-order valence-corrected chi connectivity index (χ2v) is 6.55. The Kier molecular flexibility index (Phi) is 6.39. The first-order valence-corrected chi connectivity index (χ1v) is 8.01. The number of aryl methyl sites for hydroxylation is 1. The second-order valence-electron chi connectivity index (χ2n) is 3.59. The Bertz CT molecular complexity index is 624. The third-order valence-corrected chi connectivity index (χ3v) is 3.48. The third-order valence-electron chi connectivity index (χ3n) is 1.82. The molecule has 0 unspecified atom stereocenters. The van der Waals surface area contributed by atoms with Crippen LogP contribution in [0.15, 0.2) is 23.1 Å². The van der Waals surface area contributed by atoms with E-state index in [1.165, 1.54) is 12.1 Å². The number of nitrogen functional groups attached to an aromatic ring is 1. The Hall–Kier alpha value is -1.20. The molecule has 0 radical (unpaired) electrons. The molecule has 0 spiro atoms. The molecule has 0 aliphatic heterocycles. The van der Waals surface area contributed by atoms with Crippen LogP contribution in [0.25, 0.3) is 0 Å². The van der Waals surface area contributed by atoms with E-state index in [-0.39, 0.29) is 22.9 Å². The van der Waals surface area contributed by atoms with Gasteiger partial charge in [0.05, 0.1) is 11.4 Å². The van der Waals surface area contributed by atoms with E-state index in [0.717, 1.165) is 5.56 Å². The van der Waals surface area contributed by atoms with Crippen molar-refractivity contribution in [1.29, 1.82) is 0 Å². The second kappa shape index (κ2) is 6.82. The number of hydrogen-bond donors (Lipinski definition) is 4. The van der Waals surface area contributed by atoms with E-state index in [4.69, 9.17) is 20.6 Å². The highest BCUT2D eigenvalue weighted by molar-refractivity contribution is 7.86. The predicted molar refractivity (Wildman–Crippen MR) is 70.9 cm³/mol. The van der Waals surface area contributed by atoms with Crippen molar-refractivity contribution in [2.45, 2.75) is 11.8 Å². The molecule has 19 heavy (non-hydrogen) atoms. The van der Waals surface area contributed by atoms with Crippen LogP contribution in [0.1, 0.15) is 5.56 Å². The van der Waals surface area contributed by atoms with Crippen LogP contribution in [0.3, 0.4) is 0 Å². The summed E-state index contributed by atoms with van der Waals surface area (Å²) in [6.45, 7) is 1.69. The summed E-state index contributed by atoms with van der Waals surface area (Å²) in [7, 11) is -7.98. The lowest BCUT2D eigenvalue weighted by Gasteiger charge is -2.02. The molecule has 0 aromatic heterocycles. The summed E-state index contributed by atoms with van der Waals surface area (Å²) in [5.41, 5.74) is 10.9. The molecule has 0 heterocycles. The number of anilines is 1. The minimum atomic E-state index is -4.18. The van der Waals surface area contributed by atoms with Crippen LogP contribution in [0.2, 0.25) is 0 Å². The van der Waals surface area contributed by atoms with E-state index in [1.54, 1.807) is 13.0 Å². The number of hydrogen-bond acceptors (Lipinski definition) is 6. The highest BCUT2D eigenvalue weighted by atomic mass is 32.2. The zero-order valence-corrected chi connectivity index (χ0v) is 11.8. The van der Waals surface area contributed by atoms with Gasteiger partial charge in [-0.15, -0.1) is 0 Å². The third kappa shape index (κ3) is 7.74. The molecule has 10 heteroatoms. The molecule has 0 aliphatic carbocycles. The van der Waals surface area contributed by atoms with Crippen molar-refractivity contribution in [3.63, 3.8) is 0 Å². The Labute approximate surface area is 111 Å². The Balaban J connectivity index is 0.000000399. The Morgan fingerprint density at radius 2 is 1.68 bits per heavy atom. The fraction of sp³-hybridized carbons (Fsp3) is 0.333. The van der Waals surface area contributed by atoms with Gasteiger partial charge in [-0.3, -0.25) is 9.11 Å². The summed E-state index contributed by atoms with van der Waals surface area (Å²) in [5, 5.41) is 0. The molecule has 8 nitrogen and oxygen atoms in total. The monoisotopic (exact) mass is 312 g/mol. The molecule has 110 valence electrons. The van der Waals surface area contributed by atoms with Gasteiger partial charge in [-0.2, -0.15) is 16.8 Å². The minimum absolute atomic E-state index is 0.0289. The first kappa shape index (κ1) is 17.8. The topological polar surface area (TPSA) is 161 Å². The predicted octanol–water partition coefficient (Wildman–Crippen LogP) is -0.343. The van der Waals surface area contributed by atoms with Gasteiger partial charge in [-0.25, -0.2) is 0 Å². The van der Waals surface area contributed by atoms with Crippen molar-refractivity contribution in [1.82, 2.24) is 0 Å². The van der Waals surface area contributed by atoms with Gasteiger partial charge in [-0.1, -0.05) is 6.07 Å². The Morgan fingerprint density at radius 3 is 1.95 bits per heavy atom. The van der Waals surface area contributed by atoms with Crippen LogP contribution in [0.4, 0.5) is 5.69 Å². The van der Waals surface area contributed by atoms with E-state index >= 15 is 0 Å². The van der Waals surface area contributed by atoms with Crippen molar-refractivity contribution in [3.8, 4) is 0 Å². The molecule has 1 rings (SSSR count). The highest BCUT2D eigenvalue weighted by Gasteiger charge is 2.12. The van der Waals surface area contributed by atoms with Gasteiger partial charge in [0, 0.05) is 6.54 Å². The summed E-state index contributed by atoms with van der Waals surface area (Å²) < 4.78 is 57.4. The van der Waals surface area contributed by atoms with E-state index in [2.05, 4.69) is 0 Å². The van der Waals surface area contributed by atoms with Crippen molar-refractivity contribution >= 4 is 25.9 Å². The SMILES string of the molecule is Cc1ccc(N)c(S(=O)(=O)O)c1.NCCS(=O)(=O)O. The molecule has 6 N–H and O–H groups in total.